The summed E-state index contributed by atoms with van der Waals surface area (Å²) < 4.78 is 52.3. The number of nitrogens with one attached hydrogen (secondary N) is 8. The van der Waals surface area contributed by atoms with Crippen molar-refractivity contribution in [2.24, 2.45) is 0 Å². The van der Waals surface area contributed by atoms with Crippen molar-refractivity contribution in [1.82, 2.24) is 52.2 Å². The van der Waals surface area contributed by atoms with Crippen LogP contribution < -0.4 is 41.9 Å². The molecular formula is C89H105BrN14O21S4. The molecule has 0 aliphatic carbocycles. The molecule has 0 spiro atoms. The number of thiazole rings is 3. The van der Waals surface area contributed by atoms with Crippen molar-refractivity contribution in [1.29, 1.82) is 0 Å². The number of nitro groups is 3. The monoisotopic (exact) mass is 1910 g/mol. The summed E-state index contributed by atoms with van der Waals surface area (Å²) in [5.41, 5.74) is 7.33. The molecule has 0 aliphatic heterocycles. The van der Waals surface area contributed by atoms with E-state index in [4.69, 9.17) is 23.5 Å². The van der Waals surface area contributed by atoms with Crippen LogP contribution in [0.1, 0.15) is 145 Å². The first-order chi connectivity index (χ1) is 61.6. The Bertz CT molecular complexity index is 5210. The van der Waals surface area contributed by atoms with Crippen LogP contribution in [0.3, 0.4) is 0 Å². The maximum absolute atomic E-state index is 13.3. The van der Waals surface area contributed by atoms with Crippen molar-refractivity contribution in [3.8, 4) is 0 Å². The first-order valence-corrected chi connectivity index (χ1v) is 45.8. The quantitative estimate of drug-likeness (QED) is 0.00574. The first kappa shape index (κ1) is 105. The van der Waals surface area contributed by atoms with Crippen LogP contribution in [-0.4, -0.2) is 147 Å². The number of hydrogen-bond acceptors (Lipinski definition) is 26. The van der Waals surface area contributed by atoms with E-state index in [1.807, 2.05) is 146 Å². The number of carbonyl (C=O) groups excluding carboxylic acids is 8. The molecular weight excluding hydrogens is 1810 g/mol. The number of benzene rings is 7. The van der Waals surface area contributed by atoms with Gasteiger partial charge in [-0.1, -0.05) is 190 Å². The van der Waals surface area contributed by atoms with Gasteiger partial charge in [0.15, 0.2) is 5.78 Å². The fraction of sp³-hybridized carbons (Fsp3) is 0.337. The van der Waals surface area contributed by atoms with Gasteiger partial charge >= 0.3 is 34.7 Å². The van der Waals surface area contributed by atoms with Crippen molar-refractivity contribution in [2.75, 3.05) is 31.4 Å². The van der Waals surface area contributed by atoms with Crippen molar-refractivity contribution in [2.45, 2.75) is 167 Å². The highest BCUT2D eigenvalue weighted by Gasteiger charge is 2.32. The molecule has 9 N–H and O–H groups in total. The molecule has 40 heteroatoms. The number of aryl methyl sites for hydroxylation is 3. The molecule has 0 fully saturated rings. The van der Waals surface area contributed by atoms with Crippen molar-refractivity contribution < 1.29 is 85.0 Å². The fourth-order valence-electron chi connectivity index (χ4n) is 12.1. The van der Waals surface area contributed by atoms with Crippen LogP contribution in [0.5, 0.6) is 0 Å². The van der Waals surface area contributed by atoms with E-state index in [0.717, 1.165) is 67.7 Å². The van der Waals surface area contributed by atoms with Crippen LogP contribution in [0.4, 0.5) is 41.9 Å². The lowest BCUT2D eigenvalue weighted by Crippen LogP contribution is -2.49. The number of amides is 7. The van der Waals surface area contributed by atoms with Gasteiger partial charge in [-0.05, 0) is 117 Å². The molecule has 0 saturated carbocycles. The van der Waals surface area contributed by atoms with Gasteiger partial charge in [0, 0.05) is 71.8 Å². The van der Waals surface area contributed by atoms with E-state index in [1.54, 1.807) is 69.3 Å². The highest BCUT2D eigenvalue weighted by atomic mass is 79.9. The number of carbonyl (C=O) groups is 8. The molecule has 129 heavy (non-hydrogen) atoms. The lowest BCUT2D eigenvalue weighted by atomic mass is 10.0. The number of nitrogens with zero attached hydrogens (tertiary/aromatic N) is 6. The third-order valence-corrected chi connectivity index (χ3v) is 22.6. The summed E-state index contributed by atoms with van der Waals surface area (Å²) in [4.78, 5) is 145. The van der Waals surface area contributed by atoms with E-state index < -0.39 is 103 Å². The number of anilines is 1. The first-order valence-electron chi connectivity index (χ1n) is 40.6. The Labute approximate surface area is 767 Å². The number of rotatable bonds is 37. The molecule has 0 bridgehead atoms. The summed E-state index contributed by atoms with van der Waals surface area (Å²) in [6.07, 6.45) is 1.66. The number of halogens is 1. The number of hydrogen-bond donors (Lipinski definition) is 9. The van der Waals surface area contributed by atoms with E-state index in [0.29, 0.717) is 41.9 Å². The largest absolute Gasteiger partial charge is 0.453 e. The van der Waals surface area contributed by atoms with Crippen LogP contribution in [0.2, 0.25) is 0 Å². The predicted molar refractivity (Wildman–Crippen MR) is 495 cm³/mol. The molecule has 3 heterocycles. The number of alkyl halides is 1. The van der Waals surface area contributed by atoms with E-state index in [9.17, 15) is 77.1 Å². The number of aromatic nitrogens is 3. The van der Waals surface area contributed by atoms with Crippen LogP contribution in [0.15, 0.2) is 204 Å². The number of ketones is 1. The second-order valence-electron chi connectivity index (χ2n) is 29.0. The van der Waals surface area contributed by atoms with E-state index in [-0.39, 0.29) is 71.4 Å². The maximum Gasteiger partial charge on any atom is 0.408 e. The molecule has 688 valence electrons. The number of alkyl carbamates (subject to hydrolysis) is 4. The van der Waals surface area contributed by atoms with Gasteiger partial charge in [-0.3, -0.25) is 58.8 Å². The molecule has 10 rings (SSSR count). The lowest BCUT2D eigenvalue weighted by Gasteiger charge is -2.23. The van der Waals surface area contributed by atoms with Crippen LogP contribution in [0.25, 0.3) is 0 Å². The normalized spacial score (nSPS) is 12.4. The predicted octanol–water partition coefficient (Wildman–Crippen LogP) is 15.3. The van der Waals surface area contributed by atoms with Gasteiger partial charge in [0.2, 0.25) is 17.7 Å². The molecule has 0 unspecified atom stereocenters. The molecule has 3 aromatic heterocycles. The highest BCUT2D eigenvalue weighted by Crippen LogP contribution is 2.28. The lowest BCUT2D eigenvalue weighted by molar-refractivity contribution is -0.385. The van der Waals surface area contributed by atoms with E-state index in [1.165, 1.54) is 104 Å². The average Bonchev–Trinajstić information content (AvgIpc) is 1.79. The van der Waals surface area contributed by atoms with Gasteiger partial charge in [0.1, 0.15) is 23.7 Å². The van der Waals surface area contributed by atoms with Crippen LogP contribution in [-0.2, 0) is 113 Å². The smallest absolute Gasteiger partial charge is 0.408 e. The molecule has 7 atom stereocenters. The summed E-state index contributed by atoms with van der Waals surface area (Å²) in [6, 6.07) is 47.8. The van der Waals surface area contributed by atoms with Gasteiger partial charge in [-0.25, -0.2) is 34.1 Å². The summed E-state index contributed by atoms with van der Waals surface area (Å²) in [5, 5.41) is 60.5. The SMILES string of the molecule is CC.CC(C)(C)OC(=O)N[C@@H](Cc1ccc([N+](=O)[O-])cc1)C(=O)CBr.CCc1nc([C@H](Cc2ccc(NS(=O)(=O)O)cc2)NC(=O)[C@H](Cc2ccccc2)NC(=O)OC)cs1.CCc1nc([C@H](Cc2ccc([N+](=O)[O-])cc2)NC(=O)[C@H](Cc2ccccc2)NC(=O)OC)cs1.CCc1nc([C@H](Cc2ccc([N+](=O)[O-])cc2)NC(=O)[C@H](Cc2ccccc2)NC(=O)OC)cs1. The standard InChI is InChI=1S/C24H28N4O6S2.2C24H26N4O5S.C15H19BrN2O5.C2H6/c1-3-22-25-21(15-35-22)19(13-17-9-11-18(12-10-17)28-36(31,32)33)26-23(29)20(27-24(30)34-2)14-16-7-5-4-6-8-16;2*1-3-22-25-21(15-34-22)19(13-17-9-11-18(12-10-17)28(31)32)26-23(29)20(27-24(30)33-2)14-16-7-5-4-6-8-16;1-15(2,3)23-14(20)17-12(13(19)9-16)8-10-4-6-11(7-5-10)18(21)22;1-2/h4-12,15,19-20,28H,3,13-14H2,1-2H3,(H,26,29)(H,27,30)(H,31,32,33);2*4-12,15,19-20H,3,13-14H2,1-2H3,(H,26,29)(H,27,30);4-7,12H,8-9H2,1-3H3,(H,17,20);1-2H3/t3*19-,20-;12-;/m0000./s1. The van der Waals surface area contributed by atoms with Gasteiger partial charge in [-0.2, -0.15) is 8.42 Å². The molecule has 10 aromatic rings. The molecule has 0 saturated heterocycles. The number of ether oxygens (including phenoxy) is 4. The average molecular weight is 1920 g/mol. The zero-order chi connectivity index (χ0) is 94.8. The topological polar surface area (TPSA) is 492 Å². The zero-order valence-corrected chi connectivity index (χ0v) is 77.6. The van der Waals surface area contributed by atoms with Gasteiger partial charge in [0.05, 0.1) is 103 Å². The van der Waals surface area contributed by atoms with Gasteiger partial charge in [-0.15, -0.1) is 34.0 Å². The second kappa shape index (κ2) is 53.6. The molecule has 0 radical (unpaired) electrons. The van der Waals surface area contributed by atoms with Gasteiger partial charge < -0.3 is 56.2 Å². The third-order valence-electron chi connectivity index (χ3n) is 18.5. The Balaban J connectivity index is 0.000000266. The van der Waals surface area contributed by atoms with Crippen molar-refractivity contribution >= 4 is 131 Å². The number of nitro benzene ring substituents is 3. The number of Topliss-reactive ketones (excluding diaryl/α,β-unsaturated/α-hetero) is 1. The third kappa shape index (κ3) is 37.4. The van der Waals surface area contributed by atoms with E-state index >= 15 is 0 Å². The summed E-state index contributed by atoms with van der Waals surface area (Å²) >= 11 is 7.58. The van der Waals surface area contributed by atoms with E-state index in [2.05, 4.69) is 68.1 Å². The molecule has 7 aromatic carbocycles. The van der Waals surface area contributed by atoms with Crippen LogP contribution >= 0.6 is 49.9 Å². The minimum absolute atomic E-state index is 0.00327. The summed E-state index contributed by atoms with van der Waals surface area (Å²) in [6.45, 7) is 15.2. The van der Waals surface area contributed by atoms with Crippen LogP contribution in [0, 0.1) is 30.3 Å². The number of methoxy groups -OCH3 is 3. The Morgan fingerprint density at radius 3 is 0.899 bits per heavy atom. The maximum atomic E-state index is 13.3. The summed E-state index contributed by atoms with van der Waals surface area (Å²) in [5.74, 6) is -1.38. The Hall–Kier alpha value is -13.0. The fourth-order valence-corrected chi connectivity index (χ4v) is 15.3. The molecule has 7 amide bonds. The molecule has 35 nitrogen and oxygen atoms in total. The van der Waals surface area contributed by atoms with Gasteiger partial charge in [0.25, 0.3) is 17.1 Å². The second-order valence-corrected chi connectivity index (χ2v) is 33.6. The molecule has 0 aliphatic rings. The zero-order valence-electron chi connectivity index (χ0n) is 72.8. The minimum atomic E-state index is -4.38. The van der Waals surface area contributed by atoms with Crippen molar-refractivity contribution in [3.63, 3.8) is 0 Å². The number of non-ortho nitro benzene ring substituents is 3. The Morgan fingerprint density at radius 2 is 0.659 bits per heavy atom. The van der Waals surface area contributed by atoms with Crippen molar-refractivity contribution in [3.05, 3.63) is 306 Å². The minimum Gasteiger partial charge on any atom is -0.453 e. The Morgan fingerprint density at radius 1 is 0.403 bits per heavy atom. The highest BCUT2D eigenvalue weighted by molar-refractivity contribution is 9.09. The Kier molecular flexibility index (Phi) is 43.5. The summed E-state index contributed by atoms with van der Waals surface area (Å²) in [7, 11) is -0.663.